The molecule has 0 bridgehead atoms. The van der Waals surface area contributed by atoms with Crippen molar-refractivity contribution in [3.63, 3.8) is 0 Å². The Morgan fingerprint density at radius 2 is 1.75 bits per heavy atom. The Balaban J connectivity index is 3.15. The highest BCUT2D eigenvalue weighted by Gasteiger charge is 2.16. The molecule has 1 aromatic rings. The largest absolute Gasteiger partial charge is 0.478 e. The molecule has 0 aliphatic carbocycles. The first-order valence-electron chi connectivity index (χ1n) is 6.57. The zero-order valence-electron chi connectivity index (χ0n) is 12.6. The first-order chi connectivity index (χ1) is 9.25. The van der Waals surface area contributed by atoms with Gasteiger partial charge in [0, 0.05) is 16.8 Å². The average molecular weight is 275 g/mol. The van der Waals surface area contributed by atoms with E-state index in [4.69, 9.17) is 5.11 Å². The van der Waals surface area contributed by atoms with E-state index in [1.165, 1.54) is 13.8 Å². The molecule has 4 heteroatoms. The number of hydrogen-bond donors (Lipinski definition) is 2. The molecular formula is C16H21NO3. The fraction of sp³-hybridized carbons (Fsp3) is 0.375. The summed E-state index contributed by atoms with van der Waals surface area (Å²) >= 11 is 0. The first-order valence-corrected chi connectivity index (χ1v) is 6.57. The number of rotatable bonds is 4. The second kappa shape index (κ2) is 6.37. The van der Waals surface area contributed by atoms with Gasteiger partial charge in [-0.25, -0.2) is 4.79 Å². The van der Waals surface area contributed by atoms with Gasteiger partial charge >= 0.3 is 5.97 Å². The van der Waals surface area contributed by atoms with Crippen molar-refractivity contribution in [3.8, 4) is 0 Å². The molecule has 0 radical (unpaired) electrons. The summed E-state index contributed by atoms with van der Waals surface area (Å²) in [5.41, 5.74) is 3.05. The van der Waals surface area contributed by atoms with Crippen molar-refractivity contribution < 1.29 is 14.7 Å². The quantitative estimate of drug-likeness (QED) is 0.827. The number of amides is 1. The van der Waals surface area contributed by atoms with E-state index in [2.05, 4.69) is 19.2 Å². The molecular weight excluding hydrogens is 254 g/mol. The standard InChI is InChI=1S/C16H21NO3/c1-9(2)13-8-6-7-10(3)14(13)17-15(18)11(4)12(5)16(19)20/h6-9H,1-5H3,(H,17,18)(H,19,20). The van der Waals surface area contributed by atoms with E-state index in [1.807, 2.05) is 25.1 Å². The van der Waals surface area contributed by atoms with Crippen molar-refractivity contribution in [2.45, 2.75) is 40.5 Å². The zero-order chi connectivity index (χ0) is 15.4. The molecule has 0 atom stereocenters. The van der Waals surface area contributed by atoms with E-state index in [9.17, 15) is 9.59 Å². The molecule has 0 aliphatic heterocycles. The van der Waals surface area contributed by atoms with E-state index in [0.29, 0.717) is 0 Å². The van der Waals surface area contributed by atoms with Crippen LogP contribution in [0.5, 0.6) is 0 Å². The van der Waals surface area contributed by atoms with E-state index < -0.39 is 5.97 Å². The van der Waals surface area contributed by atoms with Crippen molar-refractivity contribution >= 4 is 17.6 Å². The maximum Gasteiger partial charge on any atom is 0.331 e. The molecule has 0 unspecified atom stereocenters. The molecule has 2 N–H and O–H groups in total. The number of carboxylic acid groups (broad SMARTS) is 1. The summed E-state index contributed by atoms with van der Waals surface area (Å²) in [6.07, 6.45) is 0. The van der Waals surface area contributed by atoms with Crippen LogP contribution in [0.1, 0.15) is 44.7 Å². The van der Waals surface area contributed by atoms with Gasteiger partial charge in [0.15, 0.2) is 0 Å². The summed E-state index contributed by atoms with van der Waals surface area (Å²) < 4.78 is 0. The Bertz CT molecular complexity index is 571. The van der Waals surface area contributed by atoms with Crippen molar-refractivity contribution in [3.05, 3.63) is 40.5 Å². The Morgan fingerprint density at radius 3 is 2.25 bits per heavy atom. The first kappa shape index (κ1) is 16.0. The van der Waals surface area contributed by atoms with Gasteiger partial charge in [-0.2, -0.15) is 0 Å². The van der Waals surface area contributed by atoms with Gasteiger partial charge < -0.3 is 10.4 Å². The third-order valence-electron chi connectivity index (χ3n) is 3.39. The molecule has 0 aromatic heterocycles. The van der Waals surface area contributed by atoms with E-state index in [-0.39, 0.29) is 23.0 Å². The number of aryl methyl sites for hydroxylation is 1. The smallest absolute Gasteiger partial charge is 0.331 e. The number of anilines is 1. The molecule has 1 aromatic carbocycles. The van der Waals surface area contributed by atoms with Crippen LogP contribution in [0.3, 0.4) is 0 Å². The van der Waals surface area contributed by atoms with E-state index in [0.717, 1.165) is 16.8 Å². The van der Waals surface area contributed by atoms with Gasteiger partial charge in [-0.1, -0.05) is 32.0 Å². The number of carboxylic acids is 1. The molecule has 4 nitrogen and oxygen atoms in total. The van der Waals surface area contributed by atoms with Crippen molar-refractivity contribution in [2.75, 3.05) is 5.32 Å². The maximum absolute atomic E-state index is 12.2. The van der Waals surface area contributed by atoms with Crippen LogP contribution >= 0.6 is 0 Å². The van der Waals surface area contributed by atoms with Crippen molar-refractivity contribution in [1.82, 2.24) is 0 Å². The van der Waals surface area contributed by atoms with Gasteiger partial charge in [0.25, 0.3) is 5.91 Å². The molecule has 0 heterocycles. The molecule has 108 valence electrons. The number of hydrogen-bond acceptors (Lipinski definition) is 2. The summed E-state index contributed by atoms with van der Waals surface area (Å²) in [5.74, 6) is -1.18. The molecule has 0 saturated carbocycles. The van der Waals surface area contributed by atoms with Gasteiger partial charge in [-0.05, 0) is 37.8 Å². The second-order valence-electron chi connectivity index (χ2n) is 5.20. The fourth-order valence-corrected chi connectivity index (χ4v) is 1.88. The second-order valence-corrected chi connectivity index (χ2v) is 5.20. The highest BCUT2D eigenvalue weighted by atomic mass is 16.4. The zero-order valence-corrected chi connectivity index (χ0v) is 12.6. The predicted molar refractivity (Wildman–Crippen MR) is 79.9 cm³/mol. The topological polar surface area (TPSA) is 66.4 Å². The lowest BCUT2D eigenvalue weighted by molar-refractivity contribution is -0.133. The number of para-hydroxylation sites is 1. The molecule has 0 saturated heterocycles. The lowest BCUT2D eigenvalue weighted by atomic mass is 9.98. The fourth-order valence-electron chi connectivity index (χ4n) is 1.88. The lowest BCUT2D eigenvalue weighted by Crippen LogP contribution is -2.18. The molecule has 0 spiro atoms. The Hall–Kier alpha value is -2.10. The number of aliphatic carboxylic acids is 1. The number of carbonyl (C=O) groups is 2. The Labute approximate surface area is 119 Å². The summed E-state index contributed by atoms with van der Waals surface area (Å²) in [6, 6.07) is 5.84. The van der Waals surface area contributed by atoms with Gasteiger partial charge in [0.05, 0.1) is 0 Å². The minimum absolute atomic E-state index is 0.0576. The Morgan fingerprint density at radius 1 is 1.15 bits per heavy atom. The van der Waals surface area contributed by atoms with Gasteiger partial charge in [-0.15, -0.1) is 0 Å². The minimum atomic E-state index is -1.08. The van der Waals surface area contributed by atoms with Crippen LogP contribution in [0, 0.1) is 6.92 Å². The van der Waals surface area contributed by atoms with Crippen LogP contribution in [0.25, 0.3) is 0 Å². The van der Waals surface area contributed by atoms with E-state index in [1.54, 1.807) is 0 Å². The monoisotopic (exact) mass is 275 g/mol. The highest BCUT2D eigenvalue weighted by Crippen LogP contribution is 2.27. The van der Waals surface area contributed by atoms with Crippen LogP contribution in [0.2, 0.25) is 0 Å². The third kappa shape index (κ3) is 3.47. The van der Waals surface area contributed by atoms with Gasteiger partial charge in [0.2, 0.25) is 0 Å². The minimum Gasteiger partial charge on any atom is -0.478 e. The SMILES string of the molecule is CC(C(=O)O)=C(C)C(=O)Nc1c(C)cccc1C(C)C. The normalized spacial score (nSPS) is 12.1. The van der Waals surface area contributed by atoms with Crippen molar-refractivity contribution in [2.24, 2.45) is 0 Å². The predicted octanol–water partition coefficient (Wildman–Crippen LogP) is 3.48. The van der Waals surface area contributed by atoms with Crippen LogP contribution in [-0.4, -0.2) is 17.0 Å². The number of carbonyl (C=O) groups excluding carboxylic acids is 1. The average Bonchev–Trinajstić information content (AvgIpc) is 2.38. The summed E-state index contributed by atoms with van der Waals surface area (Å²) in [5, 5.41) is 11.8. The Kier molecular flexibility index (Phi) is 5.08. The molecule has 1 rings (SSSR count). The number of nitrogens with one attached hydrogen (secondary N) is 1. The molecule has 1 amide bonds. The maximum atomic E-state index is 12.2. The summed E-state index contributed by atoms with van der Waals surface area (Å²) in [6.45, 7) is 8.97. The summed E-state index contributed by atoms with van der Waals surface area (Å²) in [4.78, 5) is 23.1. The molecule has 20 heavy (non-hydrogen) atoms. The van der Waals surface area contributed by atoms with Gasteiger partial charge in [0.1, 0.15) is 0 Å². The highest BCUT2D eigenvalue weighted by molar-refractivity contribution is 6.08. The molecule has 0 aliphatic rings. The van der Waals surface area contributed by atoms with Crippen LogP contribution < -0.4 is 5.32 Å². The van der Waals surface area contributed by atoms with E-state index >= 15 is 0 Å². The van der Waals surface area contributed by atoms with Crippen molar-refractivity contribution in [1.29, 1.82) is 0 Å². The lowest BCUT2D eigenvalue weighted by Gasteiger charge is -2.17. The van der Waals surface area contributed by atoms with Gasteiger partial charge in [-0.3, -0.25) is 4.79 Å². The third-order valence-corrected chi connectivity index (χ3v) is 3.39. The van der Waals surface area contributed by atoms with Crippen LogP contribution in [-0.2, 0) is 9.59 Å². The van der Waals surface area contributed by atoms with Crippen LogP contribution in [0.15, 0.2) is 29.3 Å². The summed E-state index contributed by atoms with van der Waals surface area (Å²) in [7, 11) is 0. The van der Waals surface area contributed by atoms with Crippen LogP contribution in [0.4, 0.5) is 5.69 Å². The number of benzene rings is 1. The molecule has 0 fully saturated rings.